The van der Waals surface area contributed by atoms with Gasteiger partial charge in [-0.25, -0.2) is 0 Å². The van der Waals surface area contributed by atoms with Crippen LogP contribution in [0.1, 0.15) is 161 Å². The lowest BCUT2D eigenvalue weighted by atomic mass is 9.97. The third-order valence-corrected chi connectivity index (χ3v) is 12.1. The number of aryl methyl sites for hydroxylation is 3. The number of carbonyl (C=O) groups is 2. The van der Waals surface area contributed by atoms with Crippen LogP contribution in [0.3, 0.4) is 0 Å². The second-order valence-corrected chi connectivity index (χ2v) is 15.9. The summed E-state index contributed by atoms with van der Waals surface area (Å²) >= 11 is 3.58. The van der Waals surface area contributed by atoms with Crippen molar-refractivity contribution in [3.63, 3.8) is 0 Å². The van der Waals surface area contributed by atoms with Gasteiger partial charge < -0.3 is 4.74 Å². The number of benzene rings is 1. The molecule has 1 atom stereocenters. The highest BCUT2D eigenvalue weighted by Crippen LogP contribution is 2.49. The zero-order valence-electron chi connectivity index (χ0n) is 30.1. The fourth-order valence-corrected chi connectivity index (χ4v) is 9.18. The molecular weight excluding hydrogens is 619 g/mol. The number of fused-ring (bicyclic) bond motifs is 1. The van der Waals surface area contributed by atoms with Crippen molar-refractivity contribution >= 4 is 34.5 Å². The van der Waals surface area contributed by atoms with Gasteiger partial charge in [0.1, 0.15) is 5.75 Å². The molecule has 0 spiro atoms. The molecular formula is C41H59NO3S2. The zero-order valence-corrected chi connectivity index (χ0v) is 31.7. The van der Waals surface area contributed by atoms with Crippen molar-refractivity contribution in [1.29, 1.82) is 0 Å². The van der Waals surface area contributed by atoms with E-state index < -0.39 is 0 Å². The average molecular weight is 678 g/mol. The number of hydrogen-bond donors (Lipinski definition) is 0. The lowest BCUT2D eigenvalue weighted by Crippen LogP contribution is -2.34. The van der Waals surface area contributed by atoms with Crippen LogP contribution < -0.4 is 4.74 Å². The summed E-state index contributed by atoms with van der Waals surface area (Å²) in [7, 11) is 0. The first kappa shape index (κ1) is 37.4. The number of nitrogens with zero attached hydrogens (tertiary/aromatic N) is 1. The molecule has 0 bridgehead atoms. The molecule has 2 aromatic heterocycles. The maximum Gasteiger partial charge on any atom is 0.262 e. The van der Waals surface area contributed by atoms with Gasteiger partial charge in [-0.2, -0.15) is 0 Å². The normalized spacial score (nSPS) is 13.5. The number of imide groups is 1. The van der Waals surface area contributed by atoms with Crippen molar-refractivity contribution in [2.45, 2.75) is 144 Å². The van der Waals surface area contributed by atoms with Crippen molar-refractivity contribution in [1.82, 2.24) is 4.90 Å². The summed E-state index contributed by atoms with van der Waals surface area (Å²) < 4.78 is 6.58. The van der Waals surface area contributed by atoms with Gasteiger partial charge in [0, 0.05) is 21.9 Å². The number of carbonyl (C=O) groups excluding carboxylic acids is 2. The summed E-state index contributed by atoms with van der Waals surface area (Å²) in [6.45, 7) is 14.2. The quantitative estimate of drug-likeness (QED) is 0.0785. The highest BCUT2D eigenvalue weighted by atomic mass is 32.1. The molecule has 1 unspecified atom stereocenters. The van der Waals surface area contributed by atoms with Gasteiger partial charge in [0.05, 0.1) is 27.5 Å². The molecule has 2 amide bonds. The minimum absolute atomic E-state index is 0.130. The van der Waals surface area contributed by atoms with Crippen molar-refractivity contribution in [2.24, 2.45) is 5.92 Å². The molecule has 0 radical (unpaired) electrons. The summed E-state index contributed by atoms with van der Waals surface area (Å²) in [6, 6.07) is 8.59. The third kappa shape index (κ3) is 9.59. The molecule has 1 aromatic carbocycles. The first-order valence-electron chi connectivity index (χ1n) is 18.7. The smallest absolute Gasteiger partial charge is 0.262 e. The van der Waals surface area contributed by atoms with Crippen molar-refractivity contribution in [2.75, 3.05) is 13.2 Å². The fraction of sp³-hybridized carbons (Fsp3) is 0.610. The van der Waals surface area contributed by atoms with Gasteiger partial charge in [-0.15, -0.1) is 22.7 Å². The lowest BCUT2D eigenvalue weighted by Gasteiger charge is -2.21. The van der Waals surface area contributed by atoms with Crippen LogP contribution in [0.25, 0.3) is 20.2 Å². The zero-order chi connectivity index (χ0) is 33.8. The Labute approximate surface area is 293 Å². The predicted molar refractivity (Wildman–Crippen MR) is 203 cm³/mol. The Morgan fingerprint density at radius 1 is 0.723 bits per heavy atom. The van der Waals surface area contributed by atoms with E-state index in [0.717, 1.165) is 60.3 Å². The summed E-state index contributed by atoms with van der Waals surface area (Å²) in [5.41, 5.74) is 4.31. The highest BCUT2D eigenvalue weighted by molar-refractivity contribution is 7.24. The first-order valence-corrected chi connectivity index (χ1v) is 20.3. The van der Waals surface area contributed by atoms with Crippen molar-refractivity contribution in [3.8, 4) is 25.9 Å². The Balaban J connectivity index is 1.67. The standard InChI is InChI=1S/C41H59NO3S2/c1-7-11-14-16-17-19-22-32-26-30(6)46-38(32)39-34(45-25-20-18-15-12-8-2)27-35(47-39)33-24-23-29(5)36-37(33)41(44)42(40(36)43)28-31(10-4)21-13-9-3/h23-24,26-27,31H,7-22,25,28H2,1-6H3. The second kappa shape index (κ2) is 18.9. The molecule has 1 aliphatic rings. The van der Waals surface area contributed by atoms with E-state index in [0.29, 0.717) is 30.2 Å². The number of amides is 2. The Kier molecular flexibility index (Phi) is 15.1. The second-order valence-electron chi connectivity index (χ2n) is 13.6. The third-order valence-electron chi connectivity index (χ3n) is 9.72. The Hall–Kier alpha value is -2.44. The average Bonchev–Trinajstić information content (AvgIpc) is 3.72. The number of unbranched alkanes of at least 4 members (excludes halogenated alkanes) is 10. The van der Waals surface area contributed by atoms with Gasteiger partial charge in [-0.1, -0.05) is 117 Å². The molecule has 6 heteroatoms. The van der Waals surface area contributed by atoms with Crippen molar-refractivity contribution in [3.05, 3.63) is 51.4 Å². The summed E-state index contributed by atoms with van der Waals surface area (Å²) in [6.07, 6.45) is 19.0. The van der Waals surface area contributed by atoms with E-state index in [2.05, 4.69) is 52.8 Å². The Bertz CT molecular complexity index is 1450. The van der Waals surface area contributed by atoms with E-state index >= 15 is 0 Å². The molecule has 0 saturated carbocycles. The molecule has 258 valence electrons. The van der Waals surface area contributed by atoms with E-state index in [4.69, 9.17) is 4.74 Å². The molecule has 0 saturated heterocycles. The largest absolute Gasteiger partial charge is 0.492 e. The van der Waals surface area contributed by atoms with Crippen molar-refractivity contribution < 1.29 is 14.3 Å². The summed E-state index contributed by atoms with van der Waals surface area (Å²) in [4.78, 5) is 34.2. The van der Waals surface area contributed by atoms with E-state index in [9.17, 15) is 9.59 Å². The number of hydrogen-bond acceptors (Lipinski definition) is 5. The van der Waals surface area contributed by atoms with Crippen LogP contribution in [0.5, 0.6) is 5.75 Å². The minimum atomic E-state index is -0.136. The molecule has 0 N–H and O–H groups in total. The van der Waals surface area contributed by atoms with Gasteiger partial charge >= 0.3 is 0 Å². The van der Waals surface area contributed by atoms with Gasteiger partial charge in [0.2, 0.25) is 0 Å². The van der Waals surface area contributed by atoms with E-state index in [1.807, 2.05) is 24.3 Å². The maximum absolute atomic E-state index is 14.1. The van der Waals surface area contributed by atoms with Crippen LogP contribution >= 0.6 is 22.7 Å². The van der Waals surface area contributed by atoms with Gasteiger partial charge in [0.15, 0.2) is 0 Å². The van der Waals surface area contributed by atoms with Gasteiger partial charge in [0.25, 0.3) is 11.8 Å². The minimum Gasteiger partial charge on any atom is -0.492 e. The van der Waals surface area contributed by atoms with Crippen LogP contribution in [-0.2, 0) is 6.42 Å². The van der Waals surface area contributed by atoms with Crippen LogP contribution in [0.15, 0.2) is 24.3 Å². The maximum atomic E-state index is 14.1. The molecule has 0 fully saturated rings. The topological polar surface area (TPSA) is 46.6 Å². The van der Waals surface area contributed by atoms with Crippen LogP contribution in [0.2, 0.25) is 0 Å². The number of thiophene rings is 2. The molecule has 1 aliphatic heterocycles. The van der Waals surface area contributed by atoms with Gasteiger partial charge in [-0.3, -0.25) is 14.5 Å². The lowest BCUT2D eigenvalue weighted by molar-refractivity contribution is 0.0624. The molecule has 47 heavy (non-hydrogen) atoms. The molecule has 4 nitrogen and oxygen atoms in total. The van der Waals surface area contributed by atoms with E-state index in [1.165, 1.54) is 89.3 Å². The fourth-order valence-electron chi connectivity index (χ4n) is 6.81. The van der Waals surface area contributed by atoms with Gasteiger partial charge in [-0.05, 0) is 68.7 Å². The highest BCUT2D eigenvalue weighted by Gasteiger charge is 2.40. The summed E-state index contributed by atoms with van der Waals surface area (Å²) in [5.74, 6) is 0.983. The molecule has 4 rings (SSSR count). The van der Waals surface area contributed by atoms with E-state index in [1.54, 1.807) is 11.3 Å². The predicted octanol–water partition coefficient (Wildman–Crippen LogP) is 12.8. The summed E-state index contributed by atoms with van der Waals surface area (Å²) in [5, 5.41) is 0. The molecule has 3 heterocycles. The number of ether oxygens (including phenoxy) is 1. The Morgan fingerprint density at radius 3 is 2.09 bits per heavy atom. The first-order chi connectivity index (χ1) is 22.8. The van der Waals surface area contributed by atoms with Crippen LogP contribution in [0.4, 0.5) is 0 Å². The van der Waals surface area contributed by atoms with Crippen LogP contribution in [-0.4, -0.2) is 29.9 Å². The monoisotopic (exact) mass is 677 g/mol. The SMILES string of the molecule is CCCCCCCCc1cc(C)sc1-c1sc(-c2ccc(C)c3c2C(=O)N(CC(CC)CCCC)C3=O)cc1OCCCCCCC. The number of rotatable bonds is 22. The van der Waals surface area contributed by atoms with E-state index in [-0.39, 0.29) is 11.8 Å². The molecule has 3 aromatic rings. The Morgan fingerprint density at radius 2 is 1.38 bits per heavy atom. The molecule has 0 aliphatic carbocycles. The van der Waals surface area contributed by atoms with Crippen LogP contribution in [0, 0.1) is 19.8 Å².